The van der Waals surface area contributed by atoms with Gasteiger partial charge >= 0.3 is 0 Å². The summed E-state index contributed by atoms with van der Waals surface area (Å²) in [7, 11) is 1.90. The first-order valence-corrected chi connectivity index (χ1v) is 10.1. The van der Waals surface area contributed by atoms with Gasteiger partial charge in [0.25, 0.3) is 0 Å². The number of likely N-dealkylation sites (tertiary alicyclic amines) is 2. The van der Waals surface area contributed by atoms with Crippen molar-refractivity contribution < 1.29 is 0 Å². The smallest absolute Gasteiger partial charge is 0.193 e. The lowest BCUT2D eigenvalue weighted by Crippen LogP contribution is -2.44. The molecule has 1 aromatic carbocycles. The molecule has 2 unspecified atom stereocenters. The molecule has 1 aromatic rings. The van der Waals surface area contributed by atoms with E-state index in [-0.39, 0.29) is 24.0 Å². The van der Waals surface area contributed by atoms with E-state index in [1.807, 2.05) is 18.8 Å². The van der Waals surface area contributed by atoms with Gasteiger partial charge in [0.1, 0.15) is 0 Å². The number of hydrogen-bond donors (Lipinski definition) is 1. The molecule has 0 aromatic heterocycles. The van der Waals surface area contributed by atoms with Crippen LogP contribution in [-0.4, -0.2) is 66.8 Å². The fourth-order valence-electron chi connectivity index (χ4n) is 3.68. The summed E-state index contributed by atoms with van der Waals surface area (Å²) in [5.74, 6) is 1.07. The van der Waals surface area contributed by atoms with E-state index in [4.69, 9.17) is 0 Å². The Bertz CT molecular complexity index is 533. The molecule has 2 heterocycles. The van der Waals surface area contributed by atoms with Crippen LogP contribution in [0, 0.1) is 0 Å². The lowest BCUT2D eigenvalue weighted by atomic mass is 10.2. The van der Waals surface area contributed by atoms with Gasteiger partial charge in [-0.15, -0.1) is 35.7 Å². The molecule has 0 saturated carbocycles. The second kappa shape index (κ2) is 10.6. The van der Waals surface area contributed by atoms with Gasteiger partial charge < -0.3 is 10.2 Å². The molecule has 2 fully saturated rings. The monoisotopic (exact) mass is 474 g/mol. The van der Waals surface area contributed by atoms with Crippen LogP contribution < -0.4 is 5.32 Å². The molecule has 2 aliphatic rings. The molecule has 6 heteroatoms. The minimum Gasteiger partial charge on any atom is -0.355 e. The number of halogens is 1. The SMILES string of the molecule is CN=C(NCC(C)Sc1ccccc1)N1CCC(N2CCCC2)C1.I. The predicted molar refractivity (Wildman–Crippen MR) is 119 cm³/mol. The molecule has 2 atom stereocenters. The van der Waals surface area contributed by atoms with Gasteiger partial charge in [0.2, 0.25) is 0 Å². The van der Waals surface area contributed by atoms with Crippen LogP contribution >= 0.6 is 35.7 Å². The zero-order valence-corrected chi connectivity index (χ0v) is 18.5. The maximum absolute atomic E-state index is 4.51. The Hall–Kier alpha value is -0.470. The van der Waals surface area contributed by atoms with Crippen molar-refractivity contribution in [1.29, 1.82) is 0 Å². The molecule has 0 spiro atoms. The normalized spacial score (nSPS) is 22.7. The van der Waals surface area contributed by atoms with Crippen molar-refractivity contribution in [2.75, 3.05) is 39.8 Å². The minimum atomic E-state index is 0. The van der Waals surface area contributed by atoms with Gasteiger partial charge in [0.05, 0.1) is 0 Å². The van der Waals surface area contributed by atoms with Crippen LogP contribution in [0.25, 0.3) is 0 Å². The third kappa shape index (κ3) is 6.03. The summed E-state index contributed by atoms with van der Waals surface area (Å²) in [4.78, 5) is 10.9. The average Bonchev–Trinajstić information content (AvgIpc) is 3.28. The summed E-state index contributed by atoms with van der Waals surface area (Å²) in [6.45, 7) is 8.04. The van der Waals surface area contributed by atoms with Crippen molar-refractivity contribution in [1.82, 2.24) is 15.1 Å². The van der Waals surface area contributed by atoms with E-state index in [0.717, 1.165) is 31.6 Å². The van der Waals surface area contributed by atoms with Crippen molar-refractivity contribution >= 4 is 41.7 Å². The van der Waals surface area contributed by atoms with Gasteiger partial charge in [0.15, 0.2) is 5.96 Å². The predicted octanol–water partition coefficient (Wildman–Crippen LogP) is 3.53. The van der Waals surface area contributed by atoms with Gasteiger partial charge in [-0.3, -0.25) is 9.89 Å². The lowest BCUT2D eigenvalue weighted by molar-refractivity contribution is 0.249. The highest BCUT2D eigenvalue weighted by Crippen LogP contribution is 2.23. The van der Waals surface area contributed by atoms with E-state index in [1.54, 1.807) is 0 Å². The van der Waals surface area contributed by atoms with E-state index in [2.05, 4.69) is 57.4 Å². The van der Waals surface area contributed by atoms with Crippen molar-refractivity contribution in [2.24, 2.45) is 4.99 Å². The molecule has 2 aliphatic heterocycles. The zero-order chi connectivity index (χ0) is 16.8. The second-order valence-corrected chi connectivity index (χ2v) is 8.31. The van der Waals surface area contributed by atoms with Crippen LogP contribution in [0.15, 0.2) is 40.2 Å². The molecule has 4 nitrogen and oxygen atoms in total. The molecule has 3 rings (SSSR count). The summed E-state index contributed by atoms with van der Waals surface area (Å²) >= 11 is 1.92. The van der Waals surface area contributed by atoms with Gasteiger partial charge in [-0.1, -0.05) is 25.1 Å². The van der Waals surface area contributed by atoms with E-state index in [9.17, 15) is 0 Å². The quantitative estimate of drug-likeness (QED) is 0.306. The number of benzene rings is 1. The Morgan fingerprint density at radius 3 is 2.64 bits per heavy atom. The first-order chi connectivity index (χ1) is 11.8. The summed E-state index contributed by atoms with van der Waals surface area (Å²) in [6.07, 6.45) is 4.02. The van der Waals surface area contributed by atoms with Crippen LogP contribution in [0.3, 0.4) is 0 Å². The van der Waals surface area contributed by atoms with E-state index >= 15 is 0 Å². The number of hydrogen-bond acceptors (Lipinski definition) is 3. The molecule has 0 amide bonds. The van der Waals surface area contributed by atoms with Crippen molar-refractivity contribution in [2.45, 2.75) is 42.4 Å². The molecule has 25 heavy (non-hydrogen) atoms. The second-order valence-electron chi connectivity index (χ2n) is 6.80. The molecular formula is C19H31IN4S. The standard InChI is InChI=1S/C19H30N4S.HI/c1-16(24-18-8-4-3-5-9-18)14-21-19(20-2)23-13-10-17(15-23)22-11-6-7-12-22;/h3-5,8-9,16-17H,6-7,10-15H2,1-2H3,(H,20,21);1H. The number of nitrogens with one attached hydrogen (secondary N) is 1. The average molecular weight is 474 g/mol. The summed E-state index contributed by atoms with van der Waals surface area (Å²) in [6, 6.07) is 11.4. The molecule has 2 saturated heterocycles. The first-order valence-electron chi connectivity index (χ1n) is 9.17. The fourth-order valence-corrected chi connectivity index (χ4v) is 4.62. The first kappa shape index (κ1) is 20.8. The Balaban J connectivity index is 0.00000225. The number of nitrogens with zero attached hydrogens (tertiary/aromatic N) is 3. The lowest BCUT2D eigenvalue weighted by Gasteiger charge is -2.26. The Morgan fingerprint density at radius 1 is 1.24 bits per heavy atom. The summed E-state index contributed by atoms with van der Waals surface area (Å²) in [5, 5.41) is 4.09. The topological polar surface area (TPSA) is 30.9 Å². The summed E-state index contributed by atoms with van der Waals surface area (Å²) in [5.41, 5.74) is 0. The Morgan fingerprint density at radius 2 is 1.96 bits per heavy atom. The molecule has 0 aliphatic carbocycles. The van der Waals surface area contributed by atoms with Crippen LogP contribution in [0.5, 0.6) is 0 Å². The van der Waals surface area contributed by atoms with Crippen LogP contribution in [-0.2, 0) is 0 Å². The van der Waals surface area contributed by atoms with E-state index in [1.165, 1.54) is 37.2 Å². The van der Waals surface area contributed by atoms with Crippen LogP contribution in [0.2, 0.25) is 0 Å². The maximum Gasteiger partial charge on any atom is 0.193 e. The molecular weight excluding hydrogens is 443 g/mol. The summed E-state index contributed by atoms with van der Waals surface area (Å²) < 4.78 is 0. The van der Waals surface area contributed by atoms with Crippen LogP contribution in [0.1, 0.15) is 26.2 Å². The number of thioether (sulfide) groups is 1. The van der Waals surface area contributed by atoms with Gasteiger partial charge in [-0.25, -0.2) is 0 Å². The van der Waals surface area contributed by atoms with Gasteiger partial charge in [-0.2, -0.15) is 0 Å². The van der Waals surface area contributed by atoms with E-state index < -0.39 is 0 Å². The minimum absolute atomic E-state index is 0. The third-order valence-electron chi connectivity index (χ3n) is 4.96. The largest absolute Gasteiger partial charge is 0.355 e. The number of aliphatic imine (C=N–C) groups is 1. The highest BCUT2D eigenvalue weighted by atomic mass is 127. The van der Waals surface area contributed by atoms with E-state index in [0.29, 0.717) is 5.25 Å². The molecule has 0 bridgehead atoms. The van der Waals surface area contributed by atoms with Crippen LogP contribution in [0.4, 0.5) is 0 Å². The van der Waals surface area contributed by atoms with Gasteiger partial charge in [-0.05, 0) is 44.5 Å². The van der Waals surface area contributed by atoms with Crippen molar-refractivity contribution in [3.05, 3.63) is 30.3 Å². The molecule has 1 N–H and O–H groups in total. The van der Waals surface area contributed by atoms with Gasteiger partial charge in [0, 0.05) is 42.9 Å². The number of guanidine groups is 1. The molecule has 140 valence electrons. The fraction of sp³-hybridized carbons (Fsp3) is 0.632. The highest BCUT2D eigenvalue weighted by molar-refractivity contribution is 14.0. The van der Waals surface area contributed by atoms with Crippen molar-refractivity contribution in [3.8, 4) is 0 Å². The Kier molecular flexibility index (Phi) is 8.85. The molecule has 0 radical (unpaired) electrons. The third-order valence-corrected chi connectivity index (χ3v) is 6.07. The maximum atomic E-state index is 4.51. The van der Waals surface area contributed by atoms with Crippen molar-refractivity contribution in [3.63, 3.8) is 0 Å². The number of rotatable bonds is 5. The Labute approximate surface area is 173 Å². The zero-order valence-electron chi connectivity index (χ0n) is 15.4. The highest BCUT2D eigenvalue weighted by Gasteiger charge is 2.30.